The van der Waals surface area contributed by atoms with Gasteiger partial charge in [0, 0.05) is 5.57 Å². The van der Waals surface area contributed by atoms with Crippen LogP contribution >= 0.6 is 0 Å². The van der Waals surface area contributed by atoms with Crippen LogP contribution < -0.4 is 0 Å². The molecule has 0 saturated carbocycles. The fraction of sp³-hybridized carbons (Fsp3) is 0.667. The molecule has 3 nitrogen and oxygen atoms in total. The molecule has 0 rings (SSSR count). The van der Waals surface area contributed by atoms with Gasteiger partial charge in [0.25, 0.3) is 0 Å². The number of carbonyl (C=O) groups excluding carboxylic acids is 1. The zero-order valence-corrected chi connectivity index (χ0v) is 9.35. The van der Waals surface area contributed by atoms with Crippen molar-refractivity contribution in [1.82, 2.24) is 0 Å². The third kappa shape index (κ3) is 5.39. The van der Waals surface area contributed by atoms with E-state index in [0.717, 1.165) is 13.2 Å². The second-order valence-electron chi connectivity index (χ2n) is 3.18. The standard InChI is InChI=1S/C9H10F6O3/c1-5(6(16)17-2)3-4-18-7(8(10,11)12)9(13,14)15/h3,7H,4H2,1-2H3. The second kappa shape index (κ2) is 6.07. The molecule has 0 aliphatic rings. The van der Waals surface area contributed by atoms with Gasteiger partial charge in [-0.25, -0.2) is 4.79 Å². The maximum atomic E-state index is 12.0. The summed E-state index contributed by atoms with van der Waals surface area (Å²) in [6.45, 7) is 0.163. The highest BCUT2D eigenvalue weighted by Crippen LogP contribution is 2.35. The van der Waals surface area contributed by atoms with Crippen LogP contribution in [-0.4, -0.2) is 38.1 Å². The summed E-state index contributed by atoms with van der Waals surface area (Å²) >= 11 is 0. The molecule has 0 atom stereocenters. The zero-order chi connectivity index (χ0) is 14.6. The largest absolute Gasteiger partial charge is 0.466 e. The van der Waals surface area contributed by atoms with Gasteiger partial charge in [0.15, 0.2) is 0 Å². The van der Waals surface area contributed by atoms with E-state index >= 15 is 0 Å². The van der Waals surface area contributed by atoms with E-state index in [1.165, 1.54) is 6.92 Å². The lowest BCUT2D eigenvalue weighted by Crippen LogP contribution is -2.44. The predicted molar refractivity (Wildman–Crippen MR) is 47.6 cm³/mol. The maximum Gasteiger partial charge on any atom is 0.423 e. The quantitative estimate of drug-likeness (QED) is 0.451. The minimum atomic E-state index is -5.56. The number of esters is 1. The van der Waals surface area contributed by atoms with Gasteiger partial charge in [-0.15, -0.1) is 0 Å². The number of ether oxygens (including phenoxy) is 2. The fourth-order valence-electron chi connectivity index (χ4n) is 0.888. The van der Waals surface area contributed by atoms with Gasteiger partial charge >= 0.3 is 18.3 Å². The van der Waals surface area contributed by atoms with Crippen LogP contribution in [0.25, 0.3) is 0 Å². The van der Waals surface area contributed by atoms with Crippen molar-refractivity contribution in [3.63, 3.8) is 0 Å². The molecule has 0 radical (unpaired) electrons. The lowest BCUT2D eigenvalue weighted by atomic mass is 10.3. The van der Waals surface area contributed by atoms with Gasteiger partial charge in [0.1, 0.15) is 0 Å². The Labute approximate surface area is 98.4 Å². The molecule has 0 amide bonds. The molecule has 0 N–H and O–H groups in total. The van der Waals surface area contributed by atoms with Gasteiger partial charge in [0.05, 0.1) is 13.7 Å². The van der Waals surface area contributed by atoms with Crippen molar-refractivity contribution >= 4 is 5.97 Å². The van der Waals surface area contributed by atoms with Crippen LogP contribution in [0, 0.1) is 0 Å². The van der Waals surface area contributed by atoms with Crippen LogP contribution in [0.5, 0.6) is 0 Å². The highest BCUT2D eigenvalue weighted by atomic mass is 19.4. The topological polar surface area (TPSA) is 35.5 Å². The first-order valence-electron chi connectivity index (χ1n) is 4.50. The normalized spacial score (nSPS) is 13.9. The van der Waals surface area contributed by atoms with Crippen molar-refractivity contribution in [2.45, 2.75) is 25.4 Å². The summed E-state index contributed by atoms with van der Waals surface area (Å²) in [5.74, 6) is -0.867. The average Bonchev–Trinajstić information content (AvgIpc) is 2.19. The van der Waals surface area contributed by atoms with Crippen LogP contribution in [0.2, 0.25) is 0 Å². The van der Waals surface area contributed by atoms with Crippen molar-refractivity contribution in [2.24, 2.45) is 0 Å². The van der Waals surface area contributed by atoms with Gasteiger partial charge in [-0.2, -0.15) is 26.3 Å². The molecule has 0 aromatic carbocycles. The minimum Gasteiger partial charge on any atom is -0.466 e. The molecular weight excluding hydrogens is 270 g/mol. The number of halogens is 6. The number of hydrogen-bond acceptors (Lipinski definition) is 3. The third-order valence-electron chi connectivity index (χ3n) is 1.75. The molecule has 0 bridgehead atoms. The van der Waals surface area contributed by atoms with Crippen LogP contribution in [-0.2, 0) is 14.3 Å². The van der Waals surface area contributed by atoms with Gasteiger partial charge in [-0.3, -0.25) is 0 Å². The van der Waals surface area contributed by atoms with Crippen LogP contribution in [0.1, 0.15) is 6.92 Å². The molecule has 106 valence electrons. The first kappa shape index (κ1) is 16.8. The Morgan fingerprint density at radius 3 is 1.94 bits per heavy atom. The summed E-state index contributed by atoms with van der Waals surface area (Å²) in [4.78, 5) is 10.8. The summed E-state index contributed by atoms with van der Waals surface area (Å²) in [5, 5.41) is 0. The van der Waals surface area contributed by atoms with Crippen molar-refractivity contribution in [3.8, 4) is 0 Å². The van der Waals surface area contributed by atoms with E-state index in [2.05, 4.69) is 9.47 Å². The van der Waals surface area contributed by atoms with E-state index in [1.54, 1.807) is 0 Å². The number of carbonyl (C=O) groups is 1. The predicted octanol–water partition coefficient (Wildman–Crippen LogP) is 2.62. The monoisotopic (exact) mass is 280 g/mol. The van der Waals surface area contributed by atoms with E-state index in [0.29, 0.717) is 0 Å². The Hall–Kier alpha value is -1.25. The Kier molecular flexibility index (Phi) is 5.65. The summed E-state index contributed by atoms with van der Waals surface area (Å²) in [5.41, 5.74) is -0.152. The molecule has 9 heteroatoms. The van der Waals surface area contributed by atoms with Crippen LogP contribution in [0.15, 0.2) is 11.6 Å². The third-order valence-corrected chi connectivity index (χ3v) is 1.75. The average molecular weight is 280 g/mol. The van der Waals surface area contributed by atoms with Gasteiger partial charge in [-0.1, -0.05) is 0 Å². The van der Waals surface area contributed by atoms with Crippen molar-refractivity contribution in [2.75, 3.05) is 13.7 Å². The highest BCUT2D eigenvalue weighted by Gasteiger charge is 2.57. The van der Waals surface area contributed by atoms with E-state index in [9.17, 15) is 31.1 Å². The number of rotatable bonds is 4. The molecule has 0 aliphatic heterocycles. The second-order valence-corrected chi connectivity index (χ2v) is 3.18. The number of hydrogen-bond donors (Lipinski definition) is 0. The lowest BCUT2D eigenvalue weighted by molar-refractivity contribution is -0.319. The summed E-state index contributed by atoms with van der Waals surface area (Å²) in [6.07, 6.45) is -14.2. The molecule has 0 heterocycles. The zero-order valence-electron chi connectivity index (χ0n) is 9.35. The van der Waals surface area contributed by atoms with Gasteiger partial charge in [-0.05, 0) is 13.0 Å². The van der Waals surface area contributed by atoms with Gasteiger partial charge in [0.2, 0.25) is 6.10 Å². The molecule has 0 spiro atoms. The lowest BCUT2D eigenvalue weighted by Gasteiger charge is -2.22. The molecule has 0 aliphatic carbocycles. The summed E-state index contributed by atoms with van der Waals surface area (Å²) < 4.78 is 79.9. The van der Waals surface area contributed by atoms with Gasteiger partial charge < -0.3 is 9.47 Å². The first-order valence-corrected chi connectivity index (χ1v) is 4.50. The summed E-state index contributed by atoms with van der Waals surface area (Å²) in [7, 11) is 1.02. The number of alkyl halides is 6. The van der Waals surface area contributed by atoms with Crippen molar-refractivity contribution in [1.29, 1.82) is 0 Å². The van der Waals surface area contributed by atoms with Crippen LogP contribution in [0.4, 0.5) is 26.3 Å². The molecule has 18 heavy (non-hydrogen) atoms. The molecule has 0 saturated heterocycles. The molecule has 0 unspecified atom stereocenters. The SMILES string of the molecule is COC(=O)C(C)=CCOC(C(F)(F)F)C(F)(F)F. The molecule has 0 aromatic rings. The van der Waals surface area contributed by atoms with Crippen LogP contribution in [0.3, 0.4) is 0 Å². The Morgan fingerprint density at radius 2 is 1.61 bits per heavy atom. The van der Waals surface area contributed by atoms with E-state index < -0.39 is 31.0 Å². The van der Waals surface area contributed by atoms with Crippen molar-refractivity contribution in [3.05, 3.63) is 11.6 Å². The minimum absolute atomic E-state index is 0.152. The molecular formula is C9H10F6O3. The highest BCUT2D eigenvalue weighted by molar-refractivity contribution is 5.87. The first-order chi connectivity index (χ1) is 8.00. The van der Waals surface area contributed by atoms with E-state index in [1.807, 2.05) is 0 Å². The Morgan fingerprint density at radius 1 is 1.17 bits per heavy atom. The Balaban J connectivity index is 4.62. The smallest absolute Gasteiger partial charge is 0.423 e. The maximum absolute atomic E-state index is 12.0. The van der Waals surface area contributed by atoms with Crippen molar-refractivity contribution < 1.29 is 40.6 Å². The van der Waals surface area contributed by atoms with E-state index in [-0.39, 0.29) is 5.57 Å². The molecule has 0 aromatic heterocycles. The van der Waals surface area contributed by atoms with E-state index in [4.69, 9.17) is 0 Å². The Bertz CT molecular complexity index is 303. The number of methoxy groups -OCH3 is 1. The fourth-order valence-corrected chi connectivity index (χ4v) is 0.888. The summed E-state index contributed by atoms with van der Waals surface area (Å²) in [6, 6.07) is 0. The molecule has 0 fully saturated rings.